The van der Waals surface area contributed by atoms with E-state index in [0.29, 0.717) is 13.0 Å². The van der Waals surface area contributed by atoms with Gasteiger partial charge in [-0.2, -0.15) is 5.26 Å². The highest BCUT2D eigenvalue weighted by Gasteiger charge is 2.57. The van der Waals surface area contributed by atoms with Gasteiger partial charge in [0.2, 0.25) is 0 Å². The maximum atomic E-state index is 13.7. The Balaban J connectivity index is 2.05. The van der Waals surface area contributed by atoms with Gasteiger partial charge < -0.3 is 9.69 Å². The molecule has 0 radical (unpaired) electrons. The van der Waals surface area contributed by atoms with Crippen LogP contribution in [0.4, 0.5) is 8.78 Å². The fraction of sp³-hybridized carbons (Fsp3) is 0.529. The highest BCUT2D eigenvalue weighted by Crippen LogP contribution is 2.60. The third-order valence-electron chi connectivity index (χ3n) is 4.76. The second kappa shape index (κ2) is 6.04. The van der Waals surface area contributed by atoms with E-state index in [4.69, 9.17) is 0 Å². The molecule has 0 bridgehead atoms. The Bertz CT molecular complexity index is 601. The van der Waals surface area contributed by atoms with E-state index >= 15 is 0 Å². The van der Waals surface area contributed by atoms with Crippen LogP contribution in [0.5, 0.6) is 0 Å². The summed E-state index contributed by atoms with van der Waals surface area (Å²) in [5.74, 6) is -0.743. The molecule has 1 aromatic rings. The van der Waals surface area contributed by atoms with E-state index in [2.05, 4.69) is 13.8 Å². The fourth-order valence-electron chi connectivity index (χ4n) is 3.19. The molecule has 1 saturated carbocycles. The molecular formula is C17H20F2N2O. The van der Waals surface area contributed by atoms with Gasteiger partial charge in [-0.3, -0.25) is 0 Å². The van der Waals surface area contributed by atoms with Crippen LogP contribution in [0.1, 0.15) is 32.8 Å². The SMILES string of the molecule is CC(=O)C[C@H]1[C@@H](CN(C#N)Cc2c(F)cccc2F)C1(C)C. The molecule has 5 heteroatoms. The quantitative estimate of drug-likeness (QED) is 0.597. The zero-order chi connectivity index (χ0) is 16.5. The highest BCUT2D eigenvalue weighted by atomic mass is 19.1. The van der Waals surface area contributed by atoms with Crippen molar-refractivity contribution in [2.24, 2.45) is 17.3 Å². The Labute approximate surface area is 129 Å². The van der Waals surface area contributed by atoms with Crippen molar-refractivity contribution in [2.75, 3.05) is 6.54 Å². The number of nitrogens with zero attached hydrogens (tertiary/aromatic N) is 2. The van der Waals surface area contributed by atoms with Crippen LogP contribution in [0.15, 0.2) is 18.2 Å². The van der Waals surface area contributed by atoms with Crippen LogP contribution in [0.25, 0.3) is 0 Å². The van der Waals surface area contributed by atoms with E-state index in [1.807, 2.05) is 6.19 Å². The van der Waals surface area contributed by atoms with Crippen LogP contribution in [-0.2, 0) is 11.3 Å². The van der Waals surface area contributed by atoms with Crippen LogP contribution < -0.4 is 0 Å². The summed E-state index contributed by atoms with van der Waals surface area (Å²) in [5, 5.41) is 9.25. The van der Waals surface area contributed by atoms with Crippen molar-refractivity contribution in [1.82, 2.24) is 4.90 Å². The minimum atomic E-state index is -0.643. The molecule has 1 aliphatic carbocycles. The lowest BCUT2D eigenvalue weighted by atomic mass is 10.1. The Hall–Kier alpha value is -1.96. The van der Waals surface area contributed by atoms with Crippen molar-refractivity contribution in [3.05, 3.63) is 35.4 Å². The van der Waals surface area contributed by atoms with Gasteiger partial charge in [0, 0.05) is 18.5 Å². The van der Waals surface area contributed by atoms with Gasteiger partial charge in [-0.15, -0.1) is 0 Å². The van der Waals surface area contributed by atoms with E-state index in [9.17, 15) is 18.8 Å². The number of ketones is 1. The van der Waals surface area contributed by atoms with E-state index in [1.54, 1.807) is 6.92 Å². The lowest BCUT2D eigenvalue weighted by molar-refractivity contribution is -0.117. The molecule has 0 heterocycles. The first-order chi connectivity index (χ1) is 10.3. The molecule has 2 rings (SSSR count). The van der Waals surface area contributed by atoms with Crippen molar-refractivity contribution < 1.29 is 13.6 Å². The first kappa shape index (κ1) is 16.4. The number of benzene rings is 1. The monoisotopic (exact) mass is 306 g/mol. The molecule has 1 aromatic carbocycles. The average molecular weight is 306 g/mol. The topological polar surface area (TPSA) is 44.1 Å². The van der Waals surface area contributed by atoms with Gasteiger partial charge in [0.1, 0.15) is 17.4 Å². The van der Waals surface area contributed by atoms with Gasteiger partial charge in [0.05, 0.1) is 6.54 Å². The molecule has 1 fully saturated rings. The molecule has 0 spiro atoms. The number of carbonyl (C=O) groups is 1. The summed E-state index contributed by atoms with van der Waals surface area (Å²) in [6, 6.07) is 3.68. The molecule has 0 saturated heterocycles. The van der Waals surface area contributed by atoms with Crippen LogP contribution in [0.3, 0.4) is 0 Å². The third kappa shape index (κ3) is 3.27. The zero-order valence-electron chi connectivity index (χ0n) is 13.1. The number of rotatable bonds is 6. The van der Waals surface area contributed by atoms with Crippen molar-refractivity contribution >= 4 is 5.78 Å². The smallest absolute Gasteiger partial charge is 0.179 e. The van der Waals surface area contributed by atoms with Gasteiger partial charge in [-0.1, -0.05) is 19.9 Å². The Morgan fingerprint density at radius 1 is 1.32 bits per heavy atom. The average Bonchev–Trinajstić information content (AvgIpc) is 2.92. The molecule has 0 N–H and O–H groups in total. The lowest BCUT2D eigenvalue weighted by Gasteiger charge is -2.17. The summed E-state index contributed by atoms with van der Waals surface area (Å²) in [5.41, 5.74) is -0.111. The van der Waals surface area contributed by atoms with Gasteiger partial charge in [0.25, 0.3) is 0 Å². The Morgan fingerprint density at radius 3 is 2.41 bits per heavy atom. The molecule has 0 unspecified atom stereocenters. The minimum absolute atomic E-state index is 0.0193. The normalized spacial score (nSPS) is 22.0. The van der Waals surface area contributed by atoms with Crippen molar-refractivity contribution in [1.29, 1.82) is 5.26 Å². The maximum Gasteiger partial charge on any atom is 0.179 e. The minimum Gasteiger partial charge on any atom is -0.306 e. The second-order valence-electron chi connectivity index (χ2n) is 6.62. The lowest BCUT2D eigenvalue weighted by Crippen LogP contribution is -2.23. The first-order valence-electron chi connectivity index (χ1n) is 7.34. The number of halogens is 2. The van der Waals surface area contributed by atoms with Crippen molar-refractivity contribution in [3.63, 3.8) is 0 Å². The maximum absolute atomic E-state index is 13.7. The van der Waals surface area contributed by atoms with Crippen LogP contribution >= 0.6 is 0 Å². The Morgan fingerprint density at radius 2 is 1.91 bits per heavy atom. The highest BCUT2D eigenvalue weighted by molar-refractivity contribution is 5.76. The van der Waals surface area contributed by atoms with Gasteiger partial charge in [-0.05, 0) is 36.3 Å². The number of nitriles is 1. The summed E-state index contributed by atoms with van der Waals surface area (Å²) in [7, 11) is 0. The van der Waals surface area contributed by atoms with E-state index < -0.39 is 11.6 Å². The number of Topliss-reactive ketones (excluding diaryl/α,β-unsaturated/α-hetero) is 1. The van der Waals surface area contributed by atoms with Crippen LogP contribution in [0.2, 0.25) is 0 Å². The molecule has 3 nitrogen and oxygen atoms in total. The van der Waals surface area contributed by atoms with Crippen molar-refractivity contribution in [2.45, 2.75) is 33.7 Å². The number of hydrogen-bond donors (Lipinski definition) is 0. The van der Waals surface area contributed by atoms with Crippen LogP contribution in [-0.4, -0.2) is 17.2 Å². The second-order valence-corrected chi connectivity index (χ2v) is 6.62. The molecule has 2 atom stereocenters. The first-order valence-corrected chi connectivity index (χ1v) is 7.34. The molecule has 22 heavy (non-hydrogen) atoms. The number of carbonyl (C=O) groups excluding carboxylic acids is 1. The van der Waals surface area contributed by atoms with E-state index in [-0.39, 0.29) is 35.1 Å². The molecular weight excluding hydrogens is 286 g/mol. The van der Waals surface area contributed by atoms with Gasteiger partial charge in [0.15, 0.2) is 6.19 Å². The fourth-order valence-corrected chi connectivity index (χ4v) is 3.19. The standard InChI is InChI=1S/C17H20F2N2O/c1-11(22)7-13-14(17(13,2)3)9-21(10-20)8-12-15(18)5-4-6-16(12)19/h4-6,13-14H,7-9H2,1-3H3/t13-,14+/m0/s1. The molecule has 0 aliphatic heterocycles. The molecule has 118 valence electrons. The summed E-state index contributed by atoms with van der Waals surface area (Å²) in [4.78, 5) is 12.7. The Kier molecular flexibility index (Phi) is 4.50. The summed E-state index contributed by atoms with van der Waals surface area (Å²) in [6.45, 7) is 6.00. The predicted octanol–water partition coefficient (Wildman–Crippen LogP) is 3.50. The third-order valence-corrected chi connectivity index (χ3v) is 4.76. The number of hydrogen-bond acceptors (Lipinski definition) is 3. The zero-order valence-corrected chi connectivity index (χ0v) is 13.1. The molecule has 1 aliphatic rings. The van der Waals surface area contributed by atoms with E-state index in [1.165, 1.54) is 23.1 Å². The molecule has 0 aromatic heterocycles. The van der Waals surface area contributed by atoms with Crippen LogP contribution in [0, 0.1) is 40.3 Å². The molecule has 0 amide bonds. The summed E-state index contributed by atoms with van der Waals surface area (Å²) in [6.07, 6.45) is 2.49. The summed E-state index contributed by atoms with van der Waals surface area (Å²) < 4.78 is 27.4. The largest absolute Gasteiger partial charge is 0.306 e. The van der Waals surface area contributed by atoms with Gasteiger partial charge >= 0.3 is 0 Å². The summed E-state index contributed by atoms with van der Waals surface area (Å²) >= 11 is 0. The van der Waals surface area contributed by atoms with E-state index in [0.717, 1.165) is 0 Å². The van der Waals surface area contributed by atoms with Crippen molar-refractivity contribution in [3.8, 4) is 6.19 Å². The predicted molar refractivity (Wildman–Crippen MR) is 78.4 cm³/mol. The van der Waals surface area contributed by atoms with Gasteiger partial charge in [-0.25, -0.2) is 8.78 Å².